The number of hydrogen-bond donors (Lipinski definition) is 1. The van der Waals surface area contributed by atoms with Crippen LogP contribution < -0.4 is 5.32 Å². The van der Waals surface area contributed by atoms with Crippen LogP contribution in [0.15, 0.2) is 30.9 Å². The number of amides is 1. The fourth-order valence-corrected chi connectivity index (χ4v) is 3.43. The summed E-state index contributed by atoms with van der Waals surface area (Å²) in [6.45, 7) is 4.76. The van der Waals surface area contributed by atoms with Crippen molar-refractivity contribution in [3.05, 3.63) is 65.0 Å². The average molecular weight is 374 g/mol. The summed E-state index contributed by atoms with van der Waals surface area (Å²) in [5, 5.41) is 7.90. The lowest BCUT2D eigenvalue weighted by molar-refractivity contribution is 0.0820. The van der Waals surface area contributed by atoms with E-state index in [1.54, 1.807) is 26.2 Å². The van der Waals surface area contributed by atoms with Gasteiger partial charge in [0.05, 0.1) is 6.54 Å². The molecule has 1 unspecified atom stereocenters. The second-order valence-electron chi connectivity index (χ2n) is 7.01. The first-order chi connectivity index (χ1) is 12.9. The predicted octanol–water partition coefficient (Wildman–Crippen LogP) is 2.70. The van der Waals surface area contributed by atoms with Crippen molar-refractivity contribution in [2.24, 2.45) is 0 Å². The third kappa shape index (κ3) is 4.08. The molecule has 3 rings (SSSR count). The maximum absolute atomic E-state index is 13.4. The molecule has 2 aromatic rings. The van der Waals surface area contributed by atoms with Gasteiger partial charge in [0.15, 0.2) is 17.3 Å². The molecular weight excluding hydrogens is 350 g/mol. The Morgan fingerprint density at radius 2 is 2.19 bits per heavy atom. The summed E-state index contributed by atoms with van der Waals surface area (Å²) >= 11 is 0. The molecule has 0 saturated carbocycles. The Morgan fingerprint density at radius 3 is 2.85 bits per heavy atom. The topological polar surface area (TPSA) is 50.2 Å². The molecule has 1 aliphatic rings. The fraction of sp³-hybridized carbons (Fsp3) is 0.400. The average Bonchev–Trinajstić information content (AvgIpc) is 3.00. The maximum atomic E-state index is 13.4. The number of carbonyl (C=O) groups excluding carboxylic acids is 1. The molecule has 5 nitrogen and oxygen atoms in total. The lowest BCUT2D eigenvalue weighted by Gasteiger charge is -2.25. The van der Waals surface area contributed by atoms with Gasteiger partial charge in [0, 0.05) is 37.9 Å². The molecule has 1 heterocycles. The summed E-state index contributed by atoms with van der Waals surface area (Å²) < 4.78 is 28.3. The number of hydrogen-bond acceptors (Lipinski definition) is 3. The molecule has 0 fully saturated rings. The Kier molecular flexibility index (Phi) is 5.70. The van der Waals surface area contributed by atoms with Crippen molar-refractivity contribution in [3.63, 3.8) is 0 Å². The third-order valence-electron chi connectivity index (χ3n) is 4.84. The quantitative estimate of drug-likeness (QED) is 0.791. The van der Waals surface area contributed by atoms with Gasteiger partial charge < -0.3 is 10.2 Å². The predicted molar refractivity (Wildman–Crippen MR) is 99.5 cm³/mol. The zero-order valence-corrected chi connectivity index (χ0v) is 15.6. The van der Waals surface area contributed by atoms with Crippen LogP contribution in [0.25, 0.3) is 0 Å². The van der Waals surface area contributed by atoms with E-state index in [1.165, 1.54) is 11.0 Å². The second-order valence-corrected chi connectivity index (χ2v) is 7.01. The van der Waals surface area contributed by atoms with Crippen molar-refractivity contribution in [3.8, 4) is 0 Å². The Hall–Kier alpha value is -2.54. The van der Waals surface area contributed by atoms with Gasteiger partial charge in [-0.25, -0.2) is 8.78 Å². The highest BCUT2D eigenvalue weighted by Gasteiger charge is 2.29. The van der Waals surface area contributed by atoms with E-state index in [2.05, 4.69) is 17.0 Å². The zero-order valence-electron chi connectivity index (χ0n) is 15.6. The molecule has 1 atom stereocenters. The first kappa shape index (κ1) is 19.2. The van der Waals surface area contributed by atoms with Crippen molar-refractivity contribution in [1.82, 2.24) is 20.0 Å². The SMILES string of the molecule is C=CCn1nc(C(=O)N(C)C)c2c1CCC(NCc1ccc(F)c(F)c1)C2. The maximum Gasteiger partial charge on any atom is 0.274 e. The summed E-state index contributed by atoms with van der Waals surface area (Å²) in [6, 6.07) is 4.06. The van der Waals surface area contributed by atoms with Crippen LogP contribution in [-0.4, -0.2) is 40.7 Å². The largest absolute Gasteiger partial charge is 0.343 e. The Morgan fingerprint density at radius 1 is 1.41 bits per heavy atom. The first-order valence-electron chi connectivity index (χ1n) is 8.99. The Balaban J connectivity index is 1.76. The van der Waals surface area contributed by atoms with Crippen LogP contribution in [0.4, 0.5) is 8.78 Å². The highest BCUT2D eigenvalue weighted by Crippen LogP contribution is 2.26. The van der Waals surface area contributed by atoms with Gasteiger partial charge in [0.1, 0.15) is 0 Å². The molecule has 0 spiro atoms. The lowest BCUT2D eigenvalue weighted by atomic mass is 9.91. The van der Waals surface area contributed by atoms with Crippen LogP contribution >= 0.6 is 0 Å². The monoisotopic (exact) mass is 374 g/mol. The number of rotatable bonds is 6. The molecule has 1 aromatic carbocycles. The fourth-order valence-electron chi connectivity index (χ4n) is 3.43. The van der Waals surface area contributed by atoms with E-state index < -0.39 is 11.6 Å². The van der Waals surface area contributed by atoms with Crippen molar-refractivity contribution in [2.45, 2.75) is 38.4 Å². The molecule has 0 saturated heterocycles. The van der Waals surface area contributed by atoms with Gasteiger partial charge >= 0.3 is 0 Å². The molecule has 144 valence electrons. The highest BCUT2D eigenvalue weighted by molar-refractivity contribution is 5.93. The Labute approximate surface area is 157 Å². The summed E-state index contributed by atoms with van der Waals surface area (Å²) in [5.41, 5.74) is 3.21. The first-order valence-corrected chi connectivity index (χ1v) is 8.99. The molecule has 1 aromatic heterocycles. The molecule has 1 N–H and O–H groups in total. The minimum Gasteiger partial charge on any atom is -0.343 e. The van der Waals surface area contributed by atoms with Crippen LogP contribution in [-0.2, 0) is 25.9 Å². The normalized spacial score (nSPS) is 16.1. The van der Waals surface area contributed by atoms with Gasteiger partial charge in [-0.15, -0.1) is 6.58 Å². The second kappa shape index (κ2) is 8.00. The van der Waals surface area contributed by atoms with Crippen molar-refractivity contribution < 1.29 is 13.6 Å². The van der Waals surface area contributed by atoms with Gasteiger partial charge in [0.25, 0.3) is 5.91 Å². The minimum atomic E-state index is -0.845. The van der Waals surface area contributed by atoms with Crippen LogP contribution in [0.1, 0.15) is 33.7 Å². The standard InChI is InChI=1S/C20H24F2N4O/c1-4-9-26-18-8-6-14(11-15(18)19(24-26)20(27)25(2)3)23-12-13-5-7-16(21)17(22)10-13/h4-5,7,10,14,23H,1,6,8-9,11-12H2,2-3H3. The van der Waals surface area contributed by atoms with E-state index >= 15 is 0 Å². The molecule has 27 heavy (non-hydrogen) atoms. The zero-order chi connectivity index (χ0) is 19.6. The number of halogens is 2. The summed E-state index contributed by atoms with van der Waals surface area (Å²) in [7, 11) is 3.42. The van der Waals surface area contributed by atoms with Crippen LogP contribution in [0.5, 0.6) is 0 Å². The van der Waals surface area contributed by atoms with E-state index in [1.807, 2.05) is 4.68 Å². The molecule has 0 aliphatic heterocycles. The van der Waals surface area contributed by atoms with Crippen molar-refractivity contribution in [2.75, 3.05) is 14.1 Å². The summed E-state index contributed by atoms with van der Waals surface area (Å²) in [6.07, 6.45) is 4.12. The molecule has 7 heteroatoms. The van der Waals surface area contributed by atoms with E-state index in [0.29, 0.717) is 30.8 Å². The molecule has 0 bridgehead atoms. The van der Waals surface area contributed by atoms with Gasteiger partial charge in [-0.2, -0.15) is 5.10 Å². The van der Waals surface area contributed by atoms with Crippen LogP contribution in [0.3, 0.4) is 0 Å². The Bertz CT molecular complexity index is 860. The van der Waals surface area contributed by atoms with Gasteiger partial charge in [-0.05, 0) is 37.0 Å². The van der Waals surface area contributed by atoms with Crippen LogP contribution in [0, 0.1) is 11.6 Å². The van der Waals surface area contributed by atoms with E-state index in [0.717, 1.165) is 30.2 Å². The van der Waals surface area contributed by atoms with E-state index in [-0.39, 0.29) is 11.9 Å². The molecule has 0 radical (unpaired) electrons. The third-order valence-corrected chi connectivity index (χ3v) is 4.84. The van der Waals surface area contributed by atoms with Gasteiger partial charge in [-0.3, -0.25) is 9.48 Å². The van der Waals surface area contributed by atoms with Crippen molar-refractivity contribution in [1.29, 1.82) is 0 Å². The molecular formula is C20H24F2N4O. The summed E-state index contributed by atoms with van der Waals surface area (Å²) in [5.74, 6) is -1.80. The molecule has 1 aliphatic carbocycles. The number of fused-ring (bicyclic) bond motifs is 1. The number of aromatic nitrogens is 2. The van der Waals surface area contributed by atoms with Gasteiger partial charge in [-0.1, -0.05) is 12.1 Å². The minimum absolute atomic E-state index is 0.115. The van der Waals surface area contributed by atoms with Gasteiger partial charge in [0.2, 0.25) is 0 Å². The number of benzene rings is 1. The number of nitrogens with zero attached hydrogens (tertiary/aromatic N) is 3. The highest BCUT2D eigenvalue weighted by atomic mass is 19.2. The number of carbonyl (C=O) groups is 1. The van der Waals surface area contributed by atoms with Crippen molar-refractivity contribution >= 4 is 5.91 Å². The molecule has 1 amide bonds. The lowest BCUT2D eigenvalue weighted by Crippen LogP contribution is -2.35. The van der Waals surface area contributed by atoms with E-state index in [4.69, 9.17) is 0 Å². The van der Waals surface area contributed by atoms with Crippen LogP contribution in [0.2, 0.25) is 0 Å². The number of allylic oxidation sites excluding steroid dienone is 1. The summed E-state index contributed by atoms with van der Waals surface area (Å²) in [4.78, 5) is 14.0. The number of nitrogens with one attached hydrogen (secondary N) is 1. The van der Waals surface area contributed by atoms with E-state index in [9.17, 15) is 13.6 Å². The smallest absolute Gasteiger partial charge is 0.274 e.